The largest absolute Gasteiger partial charge is 0.483 e. The number of halogens is 1. The third-order valence-electron chi connectivity index (χ3n) is 4.41. The Hall–Kier alpha value is -1.81. The van der Waals surface area contributed by atoms with Gasteiger partial charge in [0.1, 0.15) is 5.75 Å². The molecule has 0 aliphatic carbocycles. The van der Waals surface area contributed by atoms with Gasteiger partial charge in [-0.1, -0.05) is 65.3 Å². The summed E-state index contributed by atoms with van der Waals surface area (Å²) in [6.45, 7) is 14.9. The van der Waals surface area contributed by atoms with E-state index in [1.165, 1.54) is 11.1 Å². The summed E-state index contributed by atoms with van der Waals surface area (Å²) in [5.74, 6) is 0.574. The van der Waals surface area contributed by atoms with Crippen LogP contribution in [0.5, 0.6) is 5.75 Å². The molecule has 2 aromatic rings. The molecule has 0 aliphatic heterocycles. The lowest BCUT2D eigenvalue weighted by Gasteiger charge is -2.23. The summed E-state index contributed by atoms with van der Waals surface area (Å²) in [6.07, 6.45) is 0. The number of aryl methyl sites for hydroxylation is 1. The first-order valence-corrected chi connectivity index (χ1v) is 10.0. The van der Waals surface area contributed by atoms with E-state index in [1.807, 2.05) is 30.3 Å². The maximum atomic E-state index is 12.4. The quantitative estimate of drug-likeness (QED) is 0.610. The topological polar surface area (TPSA) is 38.3 Å². The van der Waals surface area contributed by atoms with Gasteiger partial charge in [-0.3, -0.25) is 4.79 Å². The molecule has 0 spiro atoms. The highest BCUT2D eigenvalue weighted by atomic mass is 79.9. The fraction of sp³-hybridized carbons (Fsp3) is 0.435. The van der Waals surface area contributed by atoms with E-state index in [1.54, 1.807) is 0 Å². The van der Waals surface area contributed by atoms with Crippen LogP contribution in [0.15, 0.2) is 40.9 Å². The maximum absolute atomic E-state index is 12.4. The number of rotatable bonds is 4. The van der Waals surface area contributed by atoms with Crippen molar-refractivity contribution < 1.29 is 9.53 Å². The van der Waals surface area contributed by atoms with Crippen molar-refractivity contribution in [3.8, 4) is 5.75 Å². The van der Waals surface area contributed by atoms with Crippen LogP contribution in [0.4, 0.5) is 5.69 Å². The molecule has 0 radical (unpaired) electrons. The molecule has 0 aliphatic rings. The summed E-state index contributed by atoms with van der Waals surface area (Å²) >= 11 is 3.55. The average molecular weight is 432 g/mol. The lowest BCUT2D eigenvalue weighted by Crippen LogP contribution is -2.22. The molecule has 27 heavy (non-hydrogen) atoms. The first-order valence-electron chi connectivity index (χ1n) is 9.22. The Bertz CT molecular complexity index is 829. The van der Waals surface area contributed by atoms with E-state index >= 15 is 0 Å². The number of carbonyl (C=O) groups excluding carboxylic acids is 1. The van der Waals surface area contributed by atoms with Gasteiger partial charge in [-0.05, 0) is 63.0 Å². The smallest absolute Gasteiger partial charge is 0.262 e. The first-order chi connectivity index (χ1) is 12.4. The van der Waals surface area contributed by atoms with Gasteiger partial charge in [0.05, 0.1) is 5.69 Å². The van der Waals surface area contributed by atoms with Gasteiger partial charge in [0.15, 0.2) is 6.61 Å². The van der Waals surface area contributed by atoms with Crippen molar-refractivity contribution in [2.45, 2.75) is 59.3 Å². The Labute approximate surface area is 171 Å². The number of carbonyl (C=O) groups is 1. The monoisotopic (exact) mass is 431 g/mol. The molecule has 146 valence electrons. The van der Waals surface area contributed by atoms with Gasteiger partial charge in [0, 0.05) is 4.47 Å². The average Bonchev–Trinajstić information content (AvgIpc) is 2.53. The zero-order chi connectivity index (χ0) is 20.4. The zero-order valence-corrected chi connectivity index (χ0v) is 19.0. The van der Waals surface area contributed by atoms with Crippen LogP contribution >= 0.6 is 15.9 Å². The Kier molecular flexibility index (Phi) is 6.41. The van der Waals surface area contributed by atoms with E-state index in [4.69, 9.17) is 4.74 Å². The summed E-state index contributed by atoms with van der Waals surface area (Å²) in [6, 6.07) is 12.1. The molecule has 1 amide bonds. The van der Waals surface area contributed by atoms with Gasteiger partial charge < -0.3 is 10.1 Å². The van der Waals surface area contributed by atoms with E-state index in [-0.39, 0.29) is 23.3 Å². The molecular weight excluding hydrogens is 402 g/mol. The Balaban J connectivity index is 2.08. The molecule has 0 heterocycles. The lowest BCUT2D eigenvalue weighted by atomic mass is 9.85. The van der Waals surface area contributed by atoms with E-state index in [0.717, 1.165) is 21.5 Å². The van der Waals surface area contributed by atoms with Crippen LogP contribution in [0.1, 0.15) is 58.2 Å². The maximum Gasteiger partial charge on any atom is 0.262 e. The highest BCUT2D eigenvalue weighted by molar-refractivity contribution is 9.10. The van der Waals surface area contributed by atoms with Gasteiger partial charge in [0.25, 0.3) is 5.91 Å². The fourth-order valence-corrected chi connectivity index (χ4v) is 3.25. The van der Waals surface area contributed by atoms with E-state index < -0.39 is 0 Å². The Morgan fingerprint density at radius 1 is 1.00 bits per heavy atom. The van der Waals surface area contributed by atoms with Crippen LogP contribution in [0.25, 0.3) is 0 Å². The fourth-order valence-electron chi connectivity index (χ4n) is 2.77. The van der Waals surface area contributed by atoms with Crippen LogP contribution in [0, 0.1) is 6.92 Å². The van der Waals surface area contributed by atoms with Crippen molar-refractivity contribution in [1.29, 1.82) is 0 Å². The van der Waals surface area contributed by atoms with Crippen LogP contribution in [0.2, 0.25) is 0 Å². The second kappa shape index (κ2) is 8.05. The minimum atomic E-state index is -0.181. The van der Waals surface area contributed by atoms with Crippen molar-refractivity contribution in [3.63, 3.8) is 0 Å². The molecule has 0 saturated heterocycles. The zero-order valence-electron chi connectivity index (χ0n) is 17.4. The summed E-state index contributed by atoms with van der Waals surface area (Å²) in [5, 5.41) is 2.92. The molecule has 2 rings (SSSR count). The van der Waals surface area contributed by atoms with Crippen molar-refractivity contribution in [1.82, 2.24) is 0 Å². The summed E-state index contributed by atoms with van der Waals surface area (Å²) in [4.78, 5) is 12.4. The molecule has 3 nitrogen and oxygen atoms in total. The van der Waals surface area contributed by atoms with E-state index in [9.17, 15) is 4.79 Å². The van der Waals surface area contributed by atoms with Gasteiger partial charge >= 0.3 is 0 Å². The normalized spacial score (nSPS) is 12.0. The van der Waals surface area contributed by atoms with Crippen LogP contribution in [0.3, 0.4) is 0 Å². The van der Waals surface area contributed by atoms with Gasteiger partial charge in [-0.15, -0.1) is 0 Å². The first kappa shape index (κ1) is 21.5. The van der Waals surface area contributed by atoms with Crippen molar-refractivity contribution in [3.05, 3.63) is 57.6 Å². The summed E-state index contributed by atoms with van der Waals surface area (Å²) < 4.78 is 6.71. The molecule has 2 aromatic carbocycles. The number of hydrogen-bond acceptors (Lipinski definition) is 2. The molecule has 0 aromatic heterocycles. The van der Waals surface area contributed by atoms with Gasteiger partial charge in [-0.25, -0.2) is 0 Å². The minimum Gasteiger partial charge on any atom is -0.483 e. The number of nitrogens with one attached hydrogen (secondary N) is 1. The highest BCUT2D eigenvalue weighted by Crippen LogP contribution is 2.32. The number of amides is 1. The number of benzene rings is 2. The predicted octanol–water partition coefficient (Wildman–Crippen LogP) is 6.37. The second-order valence-corrected chi connectivity index (χ2v) is 9.89. The van der Waals surface area contributed by atoms with Crippen LogP contribution in [-0.2, 0) is 15.6 Å². The molecule has 0 atom stereocenters. The number of ether oxygens (including phenoxy) is 1. The highest BCUT2D eigenvalue weighted by Gasteiger charge is 2.20. The molecule has 0 unspecified atom stereocenters. The third-order valence-corrected chi connectivity index (χ3v) is 5.07. The molecular formula is C23H30BrNO2. The minimum absolute atomic E-state index is 0.0282. The molecule has 0 fully saturated rings. The molecule has 0 saturated carbocycles. The number of anilines is 1. The number of hydrogen-bond donors (Lipinski definition) is 1. The molecule has 0 bridgehead atoms. The Morgan fingerprint density at radius 2 is 1.67 bits per heavy atom. The summed E-state index contributed by atoms with van der Waals surface area (Å²) in [7, 11) is 0. The van der Waals surface area contributed by atoms with Crippen LogP contribution in [-0.4, -0.2) is 12.5 Å². The molecule has 1 N–H and O–H groups in total. The lowest BCUT2D eigenvalue weighted by molar-refractivity contribution is -0.118. The van der Waals surface area contributed by atoms with Gasteiger partial charge in [-0.2, -0.15) is 0 Å². The SMILES string of the molecule is Cc1ccc(OCC(=O)Nc2ccc(C(C)(C)C)cc2Br)c(C(C)(C)C)c1. The Morgan fingerprint density at radius 3 is 2.22 bits per heavy atom. The van der Waals surface area contributed by atoms with Crippen LogP contribution < -0.4 is 10.1 Å². The third kappa shape index (κ3) is 5.83. The van der Waals surface area contributed by atoms with Crippen molar-refractivity contribution >= 4 is 27.5 Å². The second-order valence-electron chi connectivity index (χ2n) is 9.03. The van der Waals surface area contributed by atoms with E-state index in [0.29, 0.717) is 0 Å². The van der Waals surface area contributed by atoms with Crippen molar-refractivity contribution in [2.24, 2.45) is 0 Å². The predicted molar refractivity (Wildman–Crippen MR) is 117 cm³/mol. The summed E-state index contributed by atoms with van der Waals surface area (Å²) in [5.41, 5.74) is 4.24. The molecule has 4 heteroatoms. The van der Waals surface area contributed by atoms with Gasteiger partial charge in [0.2, 0.25) is 0 Å². The van der Waals surface area contributed by atoms with E-state index in [2.05, 4.69) is 75.8 Å². The standard InChI is InChI=1S/C23H30BrNO2/c1-15-8-11-20(17(12-15)23(5,6)7)27-14-21(26)25-19-10-9-16(13-18(19)24)22(2,3)4/h8-13H,14H2,1-7H3,(H,25,26). The van der Waals surface area contributed by atoms with Crippen molar-refractivity contribution in [2.75, 3.05) is 11.9 Å².